The second kappa shape index (κ2) is 6.26. The molecule has 0 heterocycles. The number of carbonyl (C=O) groups is 1. The van der Waals surface area contributed by atoms with Gasteiger partial charge in [-0.25, -0.2) is 0 Å². The van der Waals surface area contributed by atoms with E-state index in [0.717, 1.165) is 0 Å². The van der Waals surface area contributed by atoms with Gasteiger partial charge in [0.1, 0.15) is 0 Å². The Hall–Kier alpha value is -1.27. The Labute approximate surface area is 84.7 Å². The highest BCUT2D eigenvalue weighted by molar-refractivity contribution is 5.89. The molecular weight excluding hydrogens is 215 g/mol. The average molecular weight is 227 g/mol. The van der Waals surface area contributed by atoms with Crippen molar-refractivity contribution in [2.24, 2.45) is 5.16 Å². The summed E-state index contributed by atoms with van der Waals surface area (Å²) in [5, 5.41) is 10.3. The quantitative estimate of drug-likeness (QED) is 0.257. The Morgan fingerprint density at radius 2 is 1.87 bits per heavy atom. The van der Waals surface area contributed by atoms with Crippen LogP contribution in [0.4, 0.5) is 13.2 Å². The van der Waals surface area contributed by atoms with Crippen molar-refractivity contribution >= 4 is 11.7 Å². The zero-order valence-corrected chi connectivity index (χ0v) is 8.17. The largest absolute Gasteiger partial charge is 0.469 e. The maximum Gasteiger partial charge on any atom is 0.432 e. The van der Waals surface area contributed by atoms with Gasteiger partial charge in [-0.05, 0) is 19.3 Å². The van der Waals surface area contributed by atoms with E-state index in [1.807, 2.05) is 0 Å². The van der Waals surface area contributed by atoms with Gasteiger partial charge in [0.25, 0.3) is 0 Å². The van der Waals surface area contributed by atoms with Crippen LogP contribution in [0.3, 0.4) is 0 Å². The number of halogens is 3. The number of esters is 1. The van der Waals surface area contributed by atoms with Gasteiger partial charge in [0.2, 0.25) is 0 Å². The molecule has 0 bridgehead atoms. The molecule has 0 aromatic heterocycles. The fraction of sp³-hybridized carbons (Fsp3) is 0.750. The Morgan fingerprint density at radius 1 is 1.33 bits per heavy atom. The highest BCUT2D eigenvalue weighted by Crippen LogP contribution is 2.20. The first-order chi connectivity index (χ1) is 6.91. The van der Waals surface area contributed by atoms with Crippen LogP contribution in [0.5, 0.6) is 0 Å². The molecule has 1 N–H and O–H groups in total. The Bertz CT molecular complexity index is 238. The minimum Gasteiger partial charge on any atom is -0.469 e. The van der Waals surface area contributed by atoms with Gasteiger partial charge in [-0.2, -0.15) is 13.2 Å². The van der Waals surface area contributed by atoms with E-state index in [1.54, 1.807) is 0 Å². The third-order valence-electron chi connectivity index (χ3n) is 1.72. The van der Waals surface area contributed by atoms with Crippen LogP contribution >= 0.6 is 0 Å². The number of nitrogens with zero attached hydrogens (tertiary/aromatic N) is 1. The minimum atomic E-state index is -4.61. The fourth-order valence-electron chi connectivity index (χ4n) is 0.912. The smallest absolute Gasteiger partial charge is 0.432 e. The summed E-state index contributed by atoms with van der Waals surface area (Å²) in [6.45, 7) is 0. The van der Waals surface area contributed by atoms with E-state index in [0.29, 0.717) is 0 Å². The molecule has 7 heteroatoms. The number of methoxy groups -OCH3 is 1. The highest BCUT2D eigenvalue weighted by atomic mass is 19.4. The molecule has 0 aliphatic rings. The molecular formula is C8H12F3NO3. The molecule has 0 atom stereocenters. The summed E-state index contributed by atoms with van der Waals surface area (Å²) in [5.41, 5.74) is -1.23. The maximum absolute atomic E-state index is 12.0. The van der Waals surface area contributed by atoms with Crippen LogP contribution in [0.15, 0.2) is 5.16 Å². The molecule has 0 saturated heterocycles. The number of oxime groups is 1. The summed E-state index contributed by atoms with van der Waals surface area (Å²) < 4.78 is 40.3. The lowest BCUT2D eigenvalue weighted by Crippen LogP contribution is -2.22. The fourth-order valence-corrected chi connectivity index (χ4v) is 0.912. The van der Waals surface area contributed by atoms with Crippen LogP contribution in [0.2, 0.25) is 0 Å². The van der Waals surface area contributed by atoms with E-state index >= 15 is 0 Å². The highest BCUT2D eigenvalue weighted by Gasteiger charge is 2.35. The Balaban J connectivity index is 3.81. The molecule has 88 valence electrons. The van der Waals surface area contributed by atoms with E-state index < -0.39 is 24.3 Å². The number of carbonyl (C=O) groups excluding carboxylic acids is 1. The molecule has 0 aromatic rings. The number of hydrogen-bond donors (Lipinski definition) is 1. The molecule has 0 rings (SSSR count). The van der Waals surface area contributed by atoms with E-state index in [9.17, 15) is 18.0 Å². The number of alkyl halides is 3. The first-order valence-electron chi connectivity index (χ1n) is 4.26. The SMILES string of the molecule is COC(=O)CCCC/C(=N\O)C(F)(F)F. The van der Waals surface area contributed by atoms with Crippen LogP contribution in [-0.4, -0.2) is 30.2 Å². The van der Waals surface area contributed by atoms with Crippen LogP contribution < -0.4 is 0 Å². The van der Waals surface area contributed by atoms with Crippen molar-refractivity contribution in [1.29, 1.82) is 0 Å². The van der Waals surface area contributed by atoms with Crippen molar-refractivity contribution in [3.63, 3.8) is 0 Å². The maximum atomic E-state index is 12.0. The van der Waals surface area contributed by atoms with Crippen molar-refractivity contribution in [3.8, 4) is 0 Å². The van der Waals surface area contributed by atoms with Gasteiger partial charge < -0.3 is 9.94 Å². The van der Waals surface area contributed by atoms with E-state index in [2.05, 4.69) is 9.89 Å². The number of unbranched alkanes of at least 4 members (excludes halogenated alkanes) is 1. The minimum absolute atomic E-state index is 0.0626. The normalized spacial score (nSPS) is 12.7. The molecule has 0 aliphatic carbocycles. The lowest BCUT2D eigenvalue weighted by molar-refractivity contribution is -0.140. The summed E-state index contributed by atoms with van der Waals surface area (Å²) >= 11 is 0. The van der Waals surface area contributed by atoms with Gasteiger partial charge in [-0.1, -0.05) is 5.16 Å². The van der Waals surface area contributed by atoms with Gasteiger partial charge in [-0.15, -0.1) is 0 Å². The first kappa shape index (κ1) is 13.7. The molecule has 0 spiro atoms. The molecule has 15 heavy (non-hydrogen) atoms. The van der Waals surface area contributed by atoms with Gasteiger partial charge in [0, 0.05) is 6.42 Å². The summed E-state index contributed by atoms with van der Waals surface area (Å²) in [5.74, 6) is -0.468. The summed E-state index contributed by atoms with van der Waals surface area (Å²) in [6, 6.07) is 0. The monoisotopic (exact) mass is 227 g/mol. The molecule has 0 fully saturated rings. The Kier molecular flexibility index (Phi) is 5.73. The van der Waals surface area contributed by atoms with Crippen molar-refractivity contribution in [2.45, 2.75) is 31.9 Å². The molecule has 0 unspecified atom stereocenters. The predicted octanol–water partition coefficient (Wildman–Crippen LogP) is 2.11. The van der Waals surface area contributed by atoms with Crippen LogP contribution in [0.1, 0.15) is 25.7 Å². The third kappa shape index (κ3) is 5.92. The summed E-state index contributed by atoms with van der Waals surface area (Å²) in [4.78, 5) is 10.6. The van der Waals surface area contributed by atoms with Crippen molar-refractivity contribution in [3.05, 3.63) is 0 Å². The van der Waals surface area contributed by atoms with Crippen LogP contribution in [0.25, 0.3) is 0 Å². The lowest BCUT2D eigenvalue weighted by atomic mass is 10.1. The molecule has 0 radical (unpaired) electrons. The number of rotatable bonds is 5. The van der Waals surface area contributed by atoms with E-state index in [1.165, 1.54) is 7.11 Å². The molecule has 0 aromatic carbocycles. The topological polar surface area (TPSA) is 58.9 Å². The number of hydrogen-bond acceptors (Lipinski definition) is 4. The standard InChI is InChI=1S/C8H12F3NO3/c1-15-7(13)5-3-2-4-6(12-14)8(9,10)11/h14H,2-5H2,1H3/b12-6+. The van der Waals surface area contributed by atoms with Gasteiger partial charge in [-0.3, -0.25) is 4.79 Å². The van der Waals surface area contributed by atoms with Gasteiger partial charge >= 0.3 is 12.1 Å². The Morgan fingerprint density at radius 3 is 2.27 bits per heavy atom. The lowest BCUT2D eigenvalue weighted by Gasteiger charge is -2.07. The van der Waals surface area contributed by atoms with E-state index in [4.69, 9.17) is 5.21 Å². The van der Waals surface area contributed by atoms with Gasteiger partial charge in [0.05, 0.1) is 7.11 Å². The van der Waals surface area contributed by atoms with Crippen LogP contribution in [-0.2, 0) is 9.53 Å². The van der Waals surface area contributed by atoms with Gasteiger partial charge in [0.15, 0.2) is 5.71 Å². The molecule has 0 aliphatic heterocycles. The van der Waals surface area contributed by atoms with Crippen molar-refractivity contribution in [2.75, 3.05) is 7.11 Å². The molecule has 0 amide bonds. The van der Waals surface area contributed by atoms with E-state index in [-0.39, 0.29) is 19.3 Å². The second-order valence-electron chi connectivity index (χ2n) is 2.83. The average Bonchev–Trinajstić information content (AvgIpc) is 2.15. The predicted molar refractivity (Wildman–Crippen MR) is 45.8 cm³/mol. The van der Waals surface area contributed by atoms with Crippen molar-refractivity contribution in [1.82, 2.24) is 0 Å². The zero-order valence-electron chi connectivity index (χ0n) is 8.17. The first-order valence-corrected chi connectivity index (χ1v) is 4.26. The molecule has 4 nitrogen and oxygen atoms in total. The van der Waals surface area contributed by atoms with Crippen LogP contribution in [0, 0.1) is 0 Å². The number of ether oxygens (including phenoxy) is 1. The summed E-state index contributed by atoms with van der Waals surface area (Å²) in [7, 11) is 1.21. The third-order valence-corrected chi connectivity index (χ3v) is 1.72. The summed E-state index contributed by atoms with van der Waals surface area (Å²) in [6.07, 6.45) is -4.57. The second-order valence-corrected chi connectivity index (χ2v) is 2.83. The zero-order chi connectivity index (χ0) is 11.9. The molecule has 0 saturated carbocycles. The van der Waals surface area contributed by atoms with Crippen molar-refractivity contribution < 1.29 is 27.9 Å².